The first-order chi connectivity index (χ1) is 22.5. The Bertz CT molecular complexity index is 1690. The fourth-order valence-corrected chi connectivity index (χ4v) is 8.98. The molecule has 0 bridgehead atoms. The average Bonchev–Trinajstić information content (AvgIpc) is 3.11. The molecule has 0 spiro atoms. The van der Waals surface area contributed by atoms with Crippen LogP contribution in [0.2, 0.25) is 19.6 Å². The number of rotatable bonds is 7. The molecule has 0 saturated heterocycles. The zero-order valence-corrected chi connectivity index (χ0v) is 33.3. The number of hydrogen-bond donors (Lipinski definition) is 1. The largest absolute Gasteiger partial charge is 0.512 e. The second-order valence-corrected chi connectivity index (χ2v) is 20.1. The Labute approximate surface area is 304 Å². The van der Waals surface area contributed by atoms with Crippen LogP contribution in [-0.4, -0.2) is 23.9 Å². The zero-order valence-electron chi connectivity index (χ0n) is 29.9. The van der Waals surface area contributed by atoms with Crippen LogP contribution in [0.4, 0.5) is 0 Å². The van der Waals surface area contributed by atoms with Gasteiger partial charge in [0.25, 0.3) is 0 Å². The molecule has 1 aromatic heterocycles. The monoisotopic (exact) mass is 837 g/mol. The summed E-state index contributed by atoms with van der Waals surface area (Å²) in [5.41, 5.74) is 7.70. The van der Waals surface area contributed by atoms with E-state index in [2.05, 4.69) is 106 Å². The summed E-state index contributed by atoms with van der Waals surface area (Å²) in [6.07, 6.45) is 11.4. The maximum atomic E-state index is 12.4. The Morgan fingerprint density at radius 3 is 2.06 bits per heavy atom. The van der Waals surface area contributed by atoms with Gasteiger partial charge in [-0.05, 0) is 61.4 Å². The molecule has 4 aromatic rings. The van der Waals surface area contributed by atoms with Crippen LogP contribution in [0.5, 0.6) is 0 Å². The van der Waals surface area contributed by atoms with Gasteiger partial charge in [0.15, 0.2) is 5.78 Å². The van der Waals surface area contributed by atoms with Crippen molar-refractivity contribution in [3.8, 4) is 22.4 Å². The van der Waals surface area contributed by atoms with E-state index in [1.165, 1.54) is 65.8 Å². The summed E-state index contributed by atoms with van der Waals surface area (Å²) in [6, 6.07) is 29.4. The molecule has 2 aliphatic rings. The number of hydrogen-bond acceptors (Lipinski definition) is 3. The molecule has 3 nitrogen and oxygen atoms in total. The van der Waals surface area contributed by atoms with E-state index >= 15 is 0 Å². The average molecular weight is 837 g/mol. The molecule has 2 aliphatic carbocycles. The third kappa shape index (κ3) is 9.23. The van der Waals surface area contributed by atoms with Gasteiger partial charge in [0, 0.05) is 42.9 Å². The molecule has 48 heavy (non-hydrogen) atoms. The summed E-state index contributed by atoms with van der Waals surface area (Å²) in [6.45, 7) is 13.5. The third-order valence-electron chi connectivity index (χ3n) is 10.2. The first-order valence-corrected chi connectivity index (χ1v) is 21.5. The first kappa shape index (κ1) is 38.0. The summed E-state index contributed by atoms with van der Waals surface area (Å²) in [7, 11) is -1.51. The molecule has 3 aromatic carbocycles. The normalized spacial score (nSPS) is 16.5. The van der Waals surface area contributed by atoms with E-state index in [-0.39, 0.29) is 37.7 Å². The molecule has 2 saturated carbocycles. The Morgan fingerprint density at radius 1 is 0.833 bits per heavy atom. The molecule has 1 N–H and O–H groups in total. The number of aliphatic hydroxyl groups excluding tert-OH is 1. The topological polar surface area (TPSA) is 50.2 Å². The molecule has 0 atom stereocenters. The minimum Gasteiger partial charge on any atom is -0.512 e. The number of nitrogens with zero attached hydrogens (tertiary/aromatic N) is 1. The predicted molar refractivity (Wildman–Crippen MR) is 202 cm³/mol. The van der Waals surface area contributed by atoms with Crippen molar-refractivity contribution in [2.24, 2.45) is 11.8 Å². The zero-order chi connectivity index (χ0) is 33.6. The number of carbonyl (C=O) groups is 1. The van der Waals surface area contributed by atoms with Gasteiger partial charge >= 0.3 is 0 Å². The smallest absolute Gasteiger partial charge is 0.164 e. The summed E-state index contributed by atoms with van der Waals surface area (Å²) in [5.74, 6) is 1.56. The maximum Gasteiger partial charge on any atom is 0.164 e. The molecular formula is C43H54IrNO2Si-. The van der Waals surface area contributed by atoms with Crippen molar-refractivity contribution >= 4 is 29.9 Å². The molecule has 2 fully saturated rings. The van der Waals surface area contributed by atoms with Gasteiger partial charge in [-0.3, -0.25) is 9.78 Å². The van der Waals surface area contributed by atoms with Crippen molar-refractivity contribution in [1.29, 1.82) is 0 Å². The van der Waals surface area contributed by atoms with Crippen LogP contribution in [0.3, 0.4) is 0 Å². The standard InChI is InChI=1S/C27H28NSi.C16H26O2.Ir/c1-19(2)21-12-9-13-22(18-21)24-15-14-23-25(28-24)16-17-26(29(3,4)5)27(23)20-10-7-6-8-11-20;1-12(15(17)13-8-4-2-5-9-13)16(18)14-10-6-3-7-11-14;/h6-12,14-19H,1-5H3;13-14,17H,2-11H2,1H3;/q-1;;/b;15-12-;. The second kappa shape index (κ2) is 17.2. The van der Waals surface area contributed by atoms with Crippen LogP contribution in [-0.2, 0) is 24.9 Å². The summed E-state index contributed by atoms with van der Waals surface area (Å²) in [5, 5.41) is 13.0. The molecule has 1 heterocycles. The predicted octanol–water partition coefficient (Wildman–Crippen LogP) is 11.6. The Kier molecular flexibility index (Phi) is 13.6. The van der Waals surface area contributed by atoms with Gasteiger partial charge in [-0.1, -0.05) is 126 Å². The van der Waals surface area contributed by atoms with E-state index in [0.29, 0.717) is 17.3 Å². The molecule has 0 aliphatic heterocycles. The number of benzene rings is 3. The second-order valence-electron chi connectivity index (χ2n) is 15.1. The number of pyridine rings is 1. The van der Waals surface area contributed by atoms with Crippen molar-refractivity contribution < 1.29 is 30.0 Å². The van der Waals surface area contributed by atoms with E-state index < -0.39 is 8.07 Å². The molecule has 1 radical (unpaired) electrons. The summed E-state index contributed by atoms with van der Waals surface area (Å²) in [4.78, 5) is 17.4. The fraction of sp³-hybridized carbons (Fsp3) is 0.442. The Hall–Kier alpha value is -2.85. The van der Waals surface area contributed by atoms with Gasteiger partial charge in [-0.25, -0.2) is 0 Å². The number of allylic oxidation sites excluding steroid dienone is 2. The van der Waals surface area contributed by atoms with Crippen molar-refractivity contribution in [2.45, 2.75) is 111 Å². The van der Waals surface area contributed by atoms with Crippen LogP contribution in [0.25, 0.3) is 33.3 Å². The van der Waals surface area contributed by atoms with Gasteiger partial charge in [0.1, 0.15) is 5.76 Å². The quantitative estimate of drug-likeness (QED) is 0.0873. The molecule has 5 heteroatoms. The van der Waals surface area contributed by atoms with Crippen molar-refractivity contribution in [1.82, 2.24) is 4.98 Å². The Morgan fingerprint density at radius 2 is 1.46 bits per heavy atom. The maximum absolute atomic E-state index is 12.4. The van der Waals surface area contributed by atoms with Crippen LogP contribution in [0.1, 0.15) is 96.5 Å². The molecule has 0 amide bonds. The summed E-state index contributed by atoms with van der Waals surface area (Å²) >= 11 is 0. The van der Waals surface area contributed by atoms with Crippen LogP contribution in [0.15, 0.2) is 84.1 Å². The number of aromatic nitrogens is 1. The van der Waals surface area contributed by atoms with Crippen molar-refractivity contribution in [3.63, 3.8) is 0 Å². The van der Waals surface area contributed by atoms with E-state index in [0.717, 1.165) is 42.5 Å². The minimum absolute atomic E-state index is 0. The van der Waals surface area contributed by atoms with Gasteiger partial charge in [-0.15, -0.1) is 35.4 Å². The number of carbonyl (C=O) groups excluding carboxylic acids is 1. The van der Waals surface area contributed by atoms with E-state index in [1.54, 1.807) is 0 Å². The van der Waals surface area contributed by atoms with Crippen LogP contribution >= 0.6 is 0 Å². The van der Waals surface area contributed by atoms with Crippen LogP contribution < -0.4 is 5.19 Å². The summed E-state index contributed by atoms with van der Waals surface area (Å²) < 4.78 is 0. The SMILES string of the molecule is C/C(C(=O)C1CCCCC1)=C(/O)C1CCCCC1.CC(C)c1cc[c-]c(-c2ccc3c(-c4ccccc4)c([Si](C)(C)C)ccc3n2)c1.[Ir]. The Balaban J connectivity index is 0.000000236. The molecule has 0 unspecified atom stereocenters. The first-order valence-electron chi connectivity index (χ1n) is 18.0. The molecule has 257 valence electrons. The van der Waals surface area contributed by atoms with Crippen molar-refractivity contribution in [3.05, 3.63) is 95.8 Å². The number of aliphatic hydroxyl groups is 1. The molecular weight excluding hydrogens is 783 g/mol. The van der Waals surface area contributed by atoms with Gasteiger partial charge in [0.2, 0.25) is 0 Å². The van der Waals surface area contributed by atoms with E-state index in [1.807, 2.05) is 13.0 Å². The van der Waals surface area contributed by atoms with Gasteiger partial charge in [0.05, 0.1) is 13.6 Å². The number of fused-ring (bicyclic) bond motifs is 1. The third-order valence-corrected chi connectivity index (χ3v) is 12.3. The fourth-order valence-electron chi connectivity index (χ4n) is 7.37. The molecule has 6 rings (SSSR count). The van der Waals surface area contributed by atoms with Crippen LogP contribution in [0, 0.1) is 17.9 Å². The number of Topliss-reactive ketones (excluding diaryl/α,β-unsaturated/α-hetero) is 1. The van der Waals surface area contributed by atoms with Gasteiger partial charge in [-0.2, -0.15) is 0 Å². The van der Waals surface area contributed by atoms with Gasteiger partial charge < -0.3 is 5.11 Å². The number of ketones is 1. The van der Waals surface area contributed by atoms with E-state index in [9.17, 15) is 9.90 Å². The van der Waals surface area contributed by atoms with E-state index in [4.69, 9.17) is 4.98 Å². The van der Waals surface area contributed by atoms with Crippen molar-refractivity contribution in [2.75, 3.05) is 0 Å². The minimum atomic E-state index is -1.51.